The summed E-state index contributed by atoms with van der Waals surface area (Å²) >= 11 is 0. The summed E-state index contributed by atoms with van der Waals surface area (Å²) in [5.74, 6) is 0. The fourth-order valence-corrected chi connectivity index (χ4v) is 3.25. The second-order valence-electron chi connectivity index (χ2n) is 9.33. The molecule has 0 N–H and O–H groups in total. The van der Waals surface area contributed by atoms with Crippen LogP contribution in [0.2, 0.25) is 18.1 Å². The molecule has 0 unspecified atom stereocenters. The molecule has 0 saturated carbocycles. The zero-order chi connectivity index (χ0) is 18.3. The van der Waals surface area contributed by atoms with Crippen LogP contribution in [-0.2, 0) is 13.9 Å². The molecule has 136 valence electrons. The van der Waals surface area contributed by atoms with Crippen molar-refractivity contribution in [2.45, 2.75) is 90.9 Å². The van der Waals surface area contributed by atoms with Crippen LogP contribution in [0.15, 0.2) is 0 Å². The summed E-state index contributed by atoms with van der Waals surface area (Å²) < 4.78 is 17.7. The second-order valence-corrected chi connectivity index (χ2v) is 14.1. The Morgan fingerprint density at radius 1 is 1.22 bits per heavy atom. The molecule has 1 amide bonds. The minimum absolute atomic E-state index is 0.117. The standard InChI is InChI=1S/C17H35NO4Si/c1-15(2,3)22-14(19)18-13(11-20-17(18,7)8)12-21-23(9,10)16(4,5)6/h13H,11-12H2,1-10H3/t13-/m0/s1. The lowest BCUT2D eigenvalue weighted by Crippen LogP contribution is -2.52. The first-order chi connectivity index (χ1) is 10.1. The van der Waals surface area contributed by atoms with Crippen LogP contribution in [0.4, 0.5) is 4.79 Å². The van der Waals surface area contributed by atoms with Crippen LogP contribution in [0.3, 0.4) is 0 Å². The number of hydrogen-bond donors (Lipinski definition) is 0. The van der Waals surface area contributed by atoms with Gasteiger partial charge in [-0.2, -0.15) is 0 Å². The number of nitrogens with zero attached hydrogens (tertiary/aromatic N) is 1. The van der Waals surface area contributed by atoms with E-state index in [9.17, 15) is 4.79 Å². The van der Waals surface area contributed by atoms with E-state index in [1.807, 2.05) is 34.6 Å². The average molecular weight is 346 g/mol. The van der Waals surface area contributed by atoms with Gasteiger partial charge in [0.05, 0.1) is 19.3 Å². The van der Waals surface area contributed by atoms with E-state index in [-0.39, 0.29) is 17.2 Å². The molecule has 0 spiro atoms. The Kier molecular flexibility index (Phi) is 5.67. The maximum absolute atomic E-state index is 12.6. The molecule has 0 aromatic carbocycles. The van der Waals surface area contributed by atoms with E-state index in [1.165, 1.54) is 0 Å². The summed E-state index contributed by atoms with van der Waals surface area (Å²) in [5.41, 5.74) is -1.20. The average Bonchev–Trinajstić information content (AvgIpc) is 2.58. The Bertz CT molecular complexity index is 435. The first-order valence-corrected chi connectivity index (χ1v) is 11.3. The van der Waals surface area contributed by atoms with Gasteiger partial charge in [0.25, 0.3) is 0 Å². The number of rotatable bonds is 3. The largest absolute Gasteiger partial charge is 0.444 e. The van der Waals surface area contributed by atoms with Crippen molar-refractivity contribution in [2.75, 3.05) is 13.2 Å². The van der Waals surface area contributed by atoms with Gasteiger partial charge in [0, 0.05) is 0 Å². The van der Waals surface area contributed by atoms with Crippen molar-refractivity contribution >= 4 is 14.4 Å². The summed E-state index contributed by atoms with van der Waals surface area (Å²) in [4.78, 5) is 14.3. The van der Waals surface area contributed by atoms with Gasteiger partial charge in [0.1, 0.15) is 11.3 Å². The molecule has 1 aliphatic heterocycles. The van der Waals surface area contributed by atoms with Crippen molar-refractivity contribution in [1.82, 2.24) is 4.90 Å². The molecule has 1 heterocycles. The van der Waals surface area contributed by atoms with Crippen LogP contribution in [0.25, 0.3) is 0 Å². The minimum Gasteiger partial charge on any atom is -0.444 e. The fourth-order valence-electron chi connectivity index (χ4n) is 2.21. The highest BCUT2D eigenvalue weighted by Gasteiger charge is 2.47. The van der Waals surface area contributed by atoms with Gasteiger partial charge in [-0.25, -0.2) is 4.79 Å². The quantitative estimate of drug-likeness (QED) is 0.712. The topological polar surface area (TPSA) is 48.0 Å². The molecule has 0 aromatic rings. The van der Waals surface area contributed by atoms with Crippen LogP contribution in [0.1, 0.15) is 55.4 Å². The zero-order valence-electron chi connectivity index (χ0n) is 16.6. The Morgan fingerprint density at radius 2 is 1.74 bits per heavy atom. The Morgan fingerprint density at radius 3 is 2.17 bits per heavy atom. The maximum Gasteiger partial charge on any atom is 0.412 e. The summed E-state index contributed by atoms with van der Waals surface area (Å²) in [6, 6.07) is -0.117. The number of carbonyl (C=O) groups is 1. The van der Waals surface area contributed by atoms with Gasteiger partial charge in [0.15, 0.2) is 8.32 Å². The van der Waals surface area contributed by atoms with Crippen molar-refractivity contribution in [2.24, 2.45) is 0 Å². The van der Waals surface area contributed by atoms with E-state index >= 15 is 0 Å². The Hall–Kier alpha value is -0.593. The van der Waals surface area contributed by atoms with Crippen LogP contribution in [-0.4, -0.2) is 49.9 Å². The molecular formula is C17H35NO4Si. The monoisotopic (exact) mass is 345 g/mol. The Labute approximate surface area is 142 Å². The molecular weight excluding hydrogens is 310 g/mol. The first kappa shape index (κ1) is 20.5. The molecule has 23 heavy (non-hydrogen) atoms. The van der Waals surface area contributed by atoms with Crippen molar-refractivity contribution in [3.63, 3.8) is 0 Å². The lowest BCUT2D eigenvalue weighted by atomic mass is 10.2. The molecule has 0 bridgehead atoms. The van der Waals surface area contributed by atoms with Gasteiger partial charge < -0.3 is 13.9 Å². The molecule has 1 saturated heterocycles. The third-order valence-corrected chi connectivity index (χ3v) is 9.11. The van der Waals surface area contributed by atoms with Gasteiger partial charge in [-0.05, 0) is 52.8 Å². The van der Waals surface area contributed by atoms with E-state index in [0.29, 0.717) is 13.2 Å². The predicted octanol–water partition coefficient (Wildman–Crippen LogP) is 4.38. The molecule has 1 fully saturated rings. The molecule has 1 rings (SSSR count). The maximum atomic E-state index is 12.6. The lowest BCUT2D eigenvalue weighted by Gasteiger charge is -2.39. The van der Waals surface area contributed by atoms with E-state index < -0.39 is 19.6 Å². The zero-order valence-corrected chi connectivity index (χ0v) is 17.6. The number of amides is 1. The van der Waals surface area contributed by atoms with Crippen molar-refractivity contribution < 1.29 is 18.7 Å². The van der Waals surface area contributed by atoms with Crippen LogP contribution in [0.5, 0.6) is 0 Å². The normalized spacial score (nSPS) is 22.3. The molecule has 0 radical (unpaired) electrons. The molecule has 5 nitrogen and oxygen atoms in total. The highest BCUT2D eigenvalue weighted by Crippen LogP contribution is 2.37. The minimum atomic E-state index is -1.86. The van der Waals surface area contributed by atoms with E-state index in [1.54, 1.807) is 4.90 Å². The third kappa shape index (κ3) is 5.19. The van der Waals surface area contributed by atoms with Crippen molar-refractivity contribution in [3.05, 3.63) is 0 Å². The van der Waals surface area contributed by atoms with E-state index in [2.05, 4.69) is 33.9 Å². The molecule has 6 heteroatoms. The fraction of sp³-hybridized carbons (Fsp3) is 0.941. The highest BCUT2D eigenvalue weighted by atomic mass is 28.4. The summed E-state index contributed by atoms with van der Waals surface area (Å²) in [6.07, 6.45) is -0.344. The van der Waals surface area contributed by atoms with Gasteiger partial charge in [-0.3, -0.25) is 4.90 Å². The van der Waals surface area contributed by atoms with E-state index in [0.717, 1.165) is 0 Å². The first-order valence-electron chi connectivity index (χ1n) is 8.37. The van der Waals surface area contributed by atoms with Gasteiger partial charge in [-0.15, -0.1) is 0 Å². The van der Waals surface area contributed by atoms with Gasteiger partial charge in [-0.1, -0.05) is 20.8 Å². The Balaban J connectivity index is 2.84. The summed E-state index contributed by atoms with van der Waals surface area (Å²) in [7, 11) is -1.86. The third-order valence-electron chi connectivity index (χ3n) is 4.61. The van der Waals surface area contributed by atoms with Crippen LogP contribution >= 0.6 is 0 Å². The molecule has 0 aromatic heterocycles. The smallest absolute Gasteiger partial charge is 0.412 e. The SMILES string of the molecule is CC(C)(C)OC(=O)N1[C@H](CO[Si](C)(C)C(C)(C)C)COC1(C)C. The van der Waals surface area contributed by atoms with Crippen molar-refractivity contribution in [1.29, 1.82) is 0 Å². The number of hydrogen-bond acceptors (Lipinski definition) is 4. The van der Waals surface area contributed by atoms with Gasteiger partial charge >= 0.3 is 6.09 Å². The molecule has 1 aliphatic rings. The number of carbonyl (C=O) groups excluding carboxylic acids is 1. The molecule has 0 aliphatic carbocycles. The summed E-state index contributed by atoms with van der Waals surface area (Å²) in [6.45, 7) is 21.4. The van der Waals surface area contributed by atoms with Gasteiger partial charge in [0.2, 0.25) is 0 Å². The van der Waals surface area contributed by atoms with Crippen molar-refractivity contribution in [3.8, 4) is 0 Å². The molecule has 1 atom stereocenters. The highest BCUT2D eigenvalue weighted by molar-refractivity contribution is 6.74. The second kappa shape index (κ2) is 6.37. The predicted molar refractivity (Wildman–Crippen MR) is 95.0 cm³/mol. The summed E-state index contributed by atoms with van der Waals surface area (Å²) in [5, 5.41) is 0.138. The lowest BCUT2D eigenvalue weighted by molar-refractivity contribution is -0.0639. The van der Waals surface area contributed by atoms with Crippen LogP contribution in [0, 0.1) is 0 Å². The van der Waals surface area contributed by atoms with E-state index in [4.69, 9.17) is 13.9 Å². The number of ether oxygens (including phenoxy) is 2. The van der Waals surface area contributed by atoms with Crippen LogP contribution < -0.4 is 0 Å².